The average molecular weight is 290 g/mol. The van der Waals surface area contributed by atoms with Gasteiger partial charge in [-0.3, -0.25) is 0 Å². The lowest BCUT2D eigenvalue weighted by molar-refractivity contribution is 0.597. The normalized spacial score (nSPS) is 12.5. The summed E-state index contributed by atoms with van der Waals surface area (Å²) in [6.45, 7) is 6.89. The fourth-order valence-electron chi connectivity index (χ4n) is 3.16. The summed E-state index contributed by atoms with van der Waals surface area (Å²) >= 11 is 1.93. The second-order valence-electron chi connectivity index (χ2n) is 6.69. The van der Waals surface area contributed by atoms with Gasteiger partial charge in [0.25, 0.3) is 0 Å². The lowest BCUT2D eigenvalue weighted by Gasteiger charge is -2.19. The summed E-state index contributed by atoms with van der Waals surface area (Å²) in [6, 6.07) is 20.0. The van der Waals surface area contributed by atoms with Crippen LogP contribution in [0.1, 0.15) is 26.3 Å². The van der Waals surface area contributed by atoms with Gasteiger partial charge in [0.2, 0.25) is 0 Å². The first-order chi connectivity index (χ1) is 10.1. The Labute approximate surface area is 129 Å². The van der Waals surface area contributed by atoms with Gasteiger partial charge in [-0.25, -0.2) is 0 Å². The third-order valence-electron chi connectivity index (χ3n) is 4.20. The van der Waals surface area contributed by atoms with E-state index in [1.165, 1.54) is 36.5 Å². The van der Waals surface area contributed by atoms with Gasteiger partial charge in [0, 0.05) is 20.2 Å². The zero-order valence-corrected chi connectivity index (χ0v) is 13.4. The van der Waals surface area contributed by atoms with Gasteiger partial charge in [0.1, 0.15) is 0 Å². The molecule has 0 aliphatic carbocycles. The van der Waals surface area contributed by atoms with Gasteiger partial charge in [-0.05, 0) is 27.8 Å². The lowest BCUT2D eigenvalue weighted by atomic mass is 9.86. The van der Waals surface area contributed by atoms with Crippen LogP contribution in [0.4, 0.5) is 0 Å². The summed E-state index contributed by atoms with van der Waals surface area (Å²) in [5.74, 6) is 0. The molecule has 1 heterocycles. The van der Waals surface area contributed by atoms with E-state index >= 15 is 0 Å². The quantitative estimate of drug-likeness (QED) is 0.346. The zero-order chi connectivity index (χ0) is 14.6. The van der Waals surface area contributed by atoms with E-state index in [1.54, 1.807) is 0 Å². The highest BCUT2D eigenvalue weighted by molar-refractivity contribution is 7.26. The lowest BCUT2D eigenvalue weighted by Crippen LogP contribution is -2.10. The molecule has 1 aromatic heterocycles. The van der Waals surface area contributed by atoms with Gasteiger partial charge < -0.3 is 0 Å². The maximum atomic E-state index is 2.30. The molecule has 4 aromatic rings. The largest absolute Gasteiger partial charge is 0.135 e. The summed E-state index contributed by atoms with van der Waals surface area (Å²) in [4.78, 5) is 0. The molecule has 0 N–H and O–H groups in total. The predicted molar refractivity (Wildman–Crippen MR) is 95.5 cm³/mol. The minimum Gasteiger partial charge on any atom is -0.135 e. The highest BCUT2D eigenvalue weighted by atomic mass is 32.1. The number of hydrogen-bond acceptors (Lipinski definition) is 1. The van der Waals surface area contributed by atoms with E-state index < -0.39 is 0 Å². The molecule has 21 heavy (non-hydrogen) atoms. The Morgan fingerprint density at radius 2 is 1.52 bits per heavy atom. The molecule has 0 atom stereocenters. The van der Waals surface area contributed by atoms with Crippen LogP contribution in [-0.2, 0) is 5.41 Å². The minimum absolute atomic E-state index is 0.177. The Hall–Kier alpha value is -1.86. The highest BCUT2D eigenvalue weighted by Gasteiger charge is 2.19. The Morgan fingerprint density at radius 1 is 0.762 bits per heavy atom. The SMILES string of the molecule is CC(C)(C)c1cccc2c1sc1ccc3ccccc3c12. The van der Waals surface area contributed by atoms with Crippen LogP contribution in [0.2, 0.25) is 0 Å². The third-order valence-corrected chi connectivity index (χ3v) is 5.40. The molecule has 3 aromatic carbocycles. The maximum absolute atomic E-state index is 2.30. The van der Waals surface area contributed by atoms with Gasteiger partial charge in [-0.2, -0.15) is 0 Å². The Bertz CT molecular complexity index is 968. The molecule has 0 saturated heterocycles. The molecule has 1 heteroatoms. The van der Waals surface area contributed by atoms with Gasteiger partial charge >= 0.3 is 0 Å². The standard InChI is InChI=1S/C20H18S/c1-20(2,3)16-10-6-9-15-18-14-8-5-4-7-13(14)11-12-17(18)21-19(15)16/h4-12H,1-3H3. The van der Waals surface area contributed by atoms with Crippen molar-refractivity contribution in [1.29, 1.82) is 0 Å². The fourth-order valence-corrected chi connectivity index (χ4v) is 4.60. The van der Waals surface area contributed by atoms with Crippen LogP contribution in [0, 0.1) is 0 Å². The van der Waals surface area contributed by atoms with Crippen molar-refractivity contribution < 1.29 is 0 Å². The Kier molecular flexibility index (Phi) is 2.64. The van der Waals surface area contributed by atoms with E-state index in [4.69, 9.17) is 0 Å². The topological polar surface area (TPSA) is 0 Å². The van der Waals surface area contributed by atoms with Crippen molar-refractivity contribution in [2.24, 2.45) is 0 Å². The molecule has 0 amide bonds. The van der Waals surface area contributed by atoms with Crippen LogP contribution in [-0.4, -0.2) is 0 Å². The number of fused-ring (bicyclic) bond motifs is 5. The molecule has 4 rings (SSSR count). The summed E-state index contributed by atoms with van der Waals surface area (Å²) in [5.41, 5.74) is 1.63. The molecule has 104 valence electrons. The molecule has 0 spiro atoms. The number of benzene rings is 3. The van der Waals surface area contributed by atoms with Crippen LogP contribution in [0.5, 0.6) is 0 Å². The Morgan fingerprint density at radius 3 is 2.33 bits per heavy atom. The molecule has 0 fully saturated rings. The summed E-state index contributed by atoms with van der Waals surface area (Å²) < 4.78 is 2.83. The average Bonchev–Trinajstić information content (AvgIpc) is 2.84. The second-order valence-corrected chi connectivity index (χ2v) is 7.75. The first-order valence-corrected chi connectivity index (χ1v) is 8.21. The first-order valence-electron chi connectivity index (χ1n) is 7.39. The molecule has 0 radical (unpaired) electrons. The predicted octanol–water partition coefficient (Wildman–Crippen LogP) is 6.51. The van der Waals surface area contributed by atoms with Gasteiger partial charge in [0.05, 0.1) is 0 Å². The molecule has 0 bridgehead atoms. The number of rotatable bonds is 0. The number of hydrogen-bond donors (Lipinski definition) is 0. The second kappa shape index (κ2) is 4.32. The van der Waals surface area contributed by atoms with Crippen LogP contribution < -0.4 is 0 Å². The molecule has 0 unspecified atom stereocenters. The summed E-state index contributed by atoms with van der Waals surface area (Å²) in [5, 5.41) is 5.51. The summed E-state index contributed by atoms with van der Waals surface area (Å²) in [7, 11) is 0. The van der Waals surface area contributed by atoms with E-state index in [0.29, 0.717) is 0 Å². The van der Waals surface area contributed by atoms with Crippen molar-refractivity contribution in [1.82, 2.24) is 0 Å². The Balaban J connectivity index is 2.25. The van der Waals surface area contributed by atoms with Crippen molar-refractivity contribution in [3.63, 3.8) is 0 Å². The van der Waals surface area contributed by atoms with Crippen LogP contribution in [0.3, 0.4) is 0 Å². The van der Waals surface area contributed by atoms with E-state index in [1.807, 2.05) is 11.3 Å². The van der Waals surface area contributed by atoms with Crippen molar-refractivity contribution in [2.75, 3.05) is 0 Å². The van der Waals surface area contributed by atoms with Gasteiger partial charge in [-0.1, -0.05) is 69.3 Å². The van der Waals surface area contributed by atoms with Crippen molar-refractivity contribution in [3.05, 3.63) is 60.2 Å². The van der Waals surface area contributed by atoms with Crippen LogP contribution in [0.15, 0.2) is 54.6 Å². The van der Waals surface area contributed by atoms with E-state index in [2.05, 4.69) is 75.4 Å². The summed E-state index contributed by atoms with van der Waals surface area (Å²) in [6.07, 6.45) is 0. The first kappa shape index (κ1) is 12.8. The molecular formula is C20H18S. The number of thiophene rings is 1. The minimum atomic E-state index is 0.177. The van der Waals surface area contributed by atoms with Crippen molar-refractivity contribution >= 4 is 42.3 Å². The molecule has 0 nitrogen and oxygen atoms in total. The van der Waals surface area contributed by atoms with E-state index in [9.17, 15) is 0 Å². The molecule has 0 saturated carbocycles. The molecular weight excluding hydrogens is 272 g/mol. The van der Waals surface area contributed by atoms with Gasteiger partial charge in [-0.15, -0.1) is 11.3 Å². The maximum Gasteiger partial charge on any atom is 0.0392 e. The van der Waals surface area contributed by atoms with E-state index in [-0.39, 0.29) is 5.41 Å². The van der Waals surface area contributed by atoms with Crippen molar-refractivity contribution in [2.45, 2.75) is 26.2 Å². The van der Waals surface area contributed by atoms with Crippen LogP contribution >= 0.6 is 11.3 Å². The smallest absolute Gasteiger partial charge is 0.0392 e. The molecule has 0 aliphatic rings. The van der Waals surface area contributed by atoms with Gasteiger partial charge in [0.15, 0.2) is 0 Å². The van der Waals surface area contributed by atoms with Crippen molar-refractivity contribution in [3.8, 4) is 0 Å². The van der Waals surface area contributed by atoms with Crippen LogP contribution in [0.25, 0.3) is 30.9 Å². The third kappa shape index (κ3) is 1.88. The van der Waals surface area contributed by atoms with E-state index in [0.717, 1.165) is 0 Å². The monoisotopic (exact) mass is 290 g/mol. The molecule has 0 aliphatic heterocycles. The zero-order valence-electron chi connectivity index (χ0n) is 12.6. The highest BCUT2D eigenvalue weighted by Crippen LogP contribution is 2.42. The fraction of sp³-hybridized carbons (Fsp3) is 0.200.